The third kappa shape index (κ3) is 4.84. The summed E-state index contributed by atoms with van der Waals surface area (Å²) in [5.74, 6) is 0.315. The Kier molecular flexibility index (Phi) is 5.38. The van der Waals surface area contributed by atoms with Gasteiger partial charge in [-0.25, -0.2) is 0 Å². The van der Waals surface area contributed by atoms with Crippen molar-refractivity contribution in [2.45, 2.75) is 13.0 Å². The minimum atomic E-state index is -1.64. The average Bonchev–Trinajstić information content (AvgIpc) is 1.87. The van der Waals surface area contributed by atoms with Crippen LogP contribution in [0.1, 0.15) is 6.92 Å². The SMILES string of the molecule is COS(=O)OC(C)CCl. The molecule has 56 valence electrons. The Hall–Kier alpha value is 0.360. The van der Waals surface area contributed by atoms with Crippen molar-refractivity contribution in [3.8, 4) is 0 Å². The average molecular weight is 173 g/mol. The highest BCUT2D eigenvalue weighted by atomic mass is 35.5. The molecule has 0 aliphatic rings. The molecule has 0 aromatic carbocycles. The first-order chi connectivity index (χ1) is 4.20. The van der Waals surface area contributed by atoms with Gasteiger partial charge in [-0.1, -0.05) is 0 Å². The maximum atomic E-state index is 10.4. The van der Waals surface area contributed by atoms with Crippen molar-refractivity contribution in [3.05, 3.63) is 0 Å². The molecule has 3 nitrogen and oxygen atoms in total. The molecule has 9 heavy (non-hydrogen) atoms. The van der Waals surface area contributed by atoms with Crippen LogP contribution in [-0.2, 0) is 19.7 Å². The predicted molar refractivity (Wildman–Crippen MR) is 36.4 cm³/mol. The Morgan fingerprint density at radius 3 is 2.67 bits per heavy atom. The Labute approximate surface area is 62.2 Å². The van der Waals surface area contributed by atoms with E-state index in [-0.39, 0.29) is 6.10 Å². The van der Waals surface area contributed by atoms with Crippen LogP contribution in [0.25, 0.3) is 0 Å². The molecule has 0 N–H and O–H groups in total. The molecule has 0 heterocycles. The third-order valence-electron chi connectivity index (χ3n) is 0.596. The van der Waals surface area contributed by atoms with Gasteiger partial charge in [-0.15, -0.1) is 11.6 Å². The molecule has 0 aliphatic carbocycles. The van der Waals surface area contributed by atoms with Gasteiger partial charge < -0.3 is 0 Å². The van der Waals surface area contributed by atoms with E-state index >= 15 is 0 Å². The van der Waals surface area contributed by atoms with Gasteiger partial charge in [0, 0.05) is 5.88 Å². The highest BCUT2D eigenvalue weighted by Crippen LogP contribution is 1.97. The van der Waals surface area contributed by atoms with E-state index in [1.54, 1.807) is 6.92 Å². The molecule has 0 fully saturated rings. The number of rotatable bonds is 4. The van der Waals surface area contributed by atoms with Crippen molar-refractivity contribution in [1.82, 2.24) is 0 Å². The monoisotopic (exact) mass is 172 g/mol. The fourth-order valence-corrected chi connectivity index (χ4v) is 0.752. The highest BCUT2D eigenvalue weighted by molar-refractivity contribution is 7.75. The van der Waals surface area contributed by atoms with Gasteiger partial charge in [0.15, 0.2) is 0 Å². The second-order valence-corrected chi connectivity index (χ2v) is 2.67. The van der Waals surface area contributed by atoms with Crippen LogP contribution in [0.5, 0.6) is 0 Å². The van der Waals surface area contributed by atoms with E-state index in [9.17, 15) is 4.21 Å². The van der Waals surface area contributed by atoms with Gasteiger partial charge in [0.05, 0.1) is 13.2 Å². The lowest BCUT2D eigenvalue weighted by Gasteiger charge is -2.04. The largest absolute Gasteiger partial charge is 0.304 e. The molecule has 0 aromatic rings. The summed E-state index contributed by atoms with van der Waals surface area (Å²) in [6.45, 7) is 1.71. The second-order valence-electron chi connectivity index (χ2n) is 1.43. The van der Waals surface area contributed by atoms with Gasteiger partial charge in [0.2, 0.25) is 0 Å². The van der Waals surface area contributed by atoms with Gasteiger partial charge in [-0.3, -0.25) is 8.37 Å². The van der Waals surface area contributed by atoms with Gasteiger partial charge >= 0.3 is 11.4 Å². The number of halogens is 1. The molecular formula is C4H9ClO3S. The van der Waals surface area contributed by atoms with Crippen molar-refractivity contribution < 1.29 is 12.6 Å². The van der Waals surface area contributed by atoms with Gasteiger partial charge in [0.1, 0.15) is 0 Å². The molecule has 0 spiro atoms. The molecule has 2 unspecified atom stereocenters. The summed E-state index contributed by atoms with van der Waals surface area (Å²) in [5.41, 5.74) is 0. The summed E-state index contributed by atoms with van der Waals surface area (Å²) in [5, 5.41) is 0. The highest BCUT2D eigenvalue weighted by Gasteiger charge is 2.04. The molecule has 0 saturated heterocycles. The maximum absolute atomic E-state index is 10.4. The molecule has 0 amide bonds. The van der Waals surface area contributed by atoms with Crippen LogP contribution >= 0.6 is 11.6 Å². The van der Waals surface area contributed by atoms with E-state index in [0.717, 1.165) is 0 Å². The van der Waals surface area contributed by atoms with E-state index in [1.165, 1.54) is 7.11 Å². The first kappa shape index (κ1) is 9.36. The summed E-state index contributed by atoms with van der Waals surface area (Å²) < 4.78 is 19.4. The van der Waals surface area contributed by atoms with Crippen LogP contribution < -0.4 is 0 Å². The van der Waals surface area contributed by atoms with Crippen LogP contribution in [0.3, 0.4) is 0 Å². The standard InChI is InChI=1S/C4H9ClO3S/c1-4(3-5)8-9(6)7-2/h4H,3H2,1-2H3. The second kappa shape index (κ2) is 5.17. The molecule has 0 saturated carbocycles. The normalized spacial score (nSPS) is 17.2. The Balaban J connectivity index is 3.34. The van der Waals surface area contributed by atoms with Crippen molar-refractivity contribution in [2.24, 2.45) is 0 Å². The first-order valence-corrected chi connectivity index (χ1v) is 3.93. The summed E-state index contributed by atoms with van der Waals surface area (Å²) >= 11 is 3.70. The molecule has 5 heteroatoms. The number of hydrogen-bond donors (Lipinski definition) is 0. The summed E-state index contributed by atoms with van der Waals surface area (Å²) in [6.07, 6.45) is -0.229. The van der Waals surface area contributed by atoms with Crippen LogP contribution in [0.15, 0.2) is 0 Å². The Morgan fingerprint density at radius 1 is 1.78 bits per heavy atom. The zero-order chi connectivity index (χ0) is 7.28. The van der Waals surface area contributed by atoms with E-state index in [2.05, 4.69) is 8.37 Å². The Bertz CT molecular complexity index is 97.8. The zero-order valence-electron chi connectivity index (χ0n) is 5.30. The topological polar surface area (TPSA) is 35.5 Å². The number of hydrogen-bond acceptors (Lipinski definition) is 3. The van der Waals surface area contributed by atoms with E-state index in [0.29, 0.717) is 5.88 Å². The molecule has 0 radical (unpaired) electrons. The van der Waals surface area contributed by atoms with Gasteiger partial charge in [0.25, 0.3) is 0 Å². The summed E-state index contributed by atoms with van der Waals surface area (Å²) in [7, 11) is 1.30. The van der Waals surface area contributed by atoms with Crippen molar-refractivity contribution >= 4 is 23.0 Å². The molecule has 0 bridgehead atoms. The van der Waals surface area contributed by atoms with E-state index in [4.69, 9.17) is 11.6 Å². The smallest absolute Gasteiger partial charge is 0.272 e. The Morgan fingerprint density at radius 2 is 2.33 bits per heavy atom. The van der Waals surface area contributed by atoms with Gasteiger partial charge in [-0.2, -0.15) is 4.21 Å². The third-order valence-corrected chi connectivity index (χ3v) is 1.79. The lowest BCUT2D eigenvalue weighted by Crippen LogP contribution is -2.12. The minimum Gasteiger partial charge on any atom is -0.272 e. The first-order valence-electron chi connectivity index (χ1n) is 2.40. The maximum Gasteiger partial charge on any atom is 0.304 e. The lowest BCUT2D eigenvalue weighted by atomic mass is 10.5. The summed E-state index contributed by atoms with van der Waals surface area (Å²) in [4.78, 5) is 0. The molecule has 2 atom stereocenters. The molecule has 0 rings (SSSR count). The zero-order valence-corrected chi connectivity index (χ0v) is 6.87. The van der Waals surface area contributed by atoms with Crippen LogP contribution in [0.2, 0.25) is 0 Å². The van der Waals surface area contributed by atoms with E-state index in [1.807, 2.05) is 0 Å². The van der Waals surface area contributed by atoms with Crippen molar-refractivity contribution in [3.63, 3.8) is 0 Å². The van der Waals surface area contributed by atoms with Crippen molar-refractivity contribution in [2.75, 3.05) is 13.0 Å². The fourth-order valence-electron chi connectivity index (χ4n) is 0.199. The predicted octanol–water partition coefficient (Wildman–Crippen LogP) is 0.855. The molecule has 0 aromatic heterocycles. The number of alkyl halides is 1. The quantitative estimate of drug-likeness (QED) is 0.590. The lowest BCUT2D eigenvalue weighted by molar-refractivity contribution is 0.229. The minimum absolute atomic E-state index is 0.229. The van der Waals surface area contributed by atoms with Crippen LogP contribution in [0.4, 0.5) is 0 Å². The van der Waals surface area contributed by atoms with E-state index < -0.39 is 11.4 Å². The van der Waals surface area contributed by atoms with Crippen LogP contribution in [-0.4, -0.2) is 23.3 Å². The molecule has 0 aliphatic heterocycles. The van der Waals surface area contributed by atoms with Crippen LogP contribution in [0, 0.1) is 0 Å². The van der Waals surface area contributed by atoms with Gasteiger partial charge in [-0.05, 0) is 6.92 Å². The van der Waals surface area contributed by atoms with Crippen molar-refractivity contribution in [1.29, 1.82) is 0 Å². The fraction of sp³-hybridized carbons (Fsp3) is 1.00. The molecular weight excluding hydrogens is 164 g/mol. The summed E-state index contributed by atoms with van der Waals surface area (Å²) in [6, 6.07) is 0.